The number of pyridine rings is 1. The SMILES string of the molecule is CS(=O)(=O)c1cccc(C(=O)N2CCN(c3ccc(C(F)(F)F)cn3)CC2)c1. The first-order valence-electron chi connectivity index (χ1n) is 8.43. The minimum absolute atomic E-state index is 0.0749. The molecule has 0 aliphatic carbocycles. The van der Waals surface area contributed by atoms with E-state index in [0.717, 1.165) is 18.5 Å². The number of amides is 1. The Morgan fingerprint density at radius 2 is 1.75 bits per heavy atom. The summed E-state index contributed by atoms with van der Waals surface area (Å²) in [5.74, 6) is 0.129. The summed E-state index contributed by atoms with van der Waals surface area (Å²) in [5, 5.41) is 0. The first kappa shape index (κ1) is 20.1. The summed E-state index contributed by atoms with van der Waals surface area (Å²) in [6, 6.07) is 8.15. The first-order valence-corrected chi connectivity index (χ1v) is 10.3. The molecule has 1 saturated heterocycles. The van der Waals surface area contributed by atoms with Crippen LogP contribution in [0.15, 0.2) is 47.5 Å². The van der Waals surface area contributed by atoms with Crippen molar-refractivity contribution in [1.29, 1.82) is 0 Å². The Hall–Kier alpha value is -2.62. The van der Waals surface area contributed by atoms with Crippen molar-refractivity contribution in [3.8, 4) is 0 Å². The van der Waals surface area contributed by atoms with Gasteiger partial charge in [-0.25, -0.2) is 13.4 Å². The number of benzene rings is 1. The Morgan fingerprint density at radius 3 is 2.29 bits per heavy atom. The number of alkyl halides is 3. The molecule has 10 heteroatoms. The van der Waals surface area contributed by atoms with E-state index >= 15 is 0 Å². The van der Waals surface area contributed by atoms with Gasteiger partial charge in [0.25, 0.3) is 5.91 Å². The van der Waals surface area contributed by atoms with E-state index in [0.29, 0.717) is 32.0 Å². The highest BCUT2D eigenvalue weighted by Crippen LogP contribution is 2.29. The standard InChI is InChI=1S/C18H18F3N3O3S/c1-28(26,27)15-4-2-3-13(11-15)17(25)24-9-7-23(8-10-24)16-6-5-14(12-22-16)18(19,20)21/h2-6,11-12H,7-10H2,1H3. The summed E-state index contributed by atoms with van der Waals surface area (Å²) in [4.78, 5) is 20.0. The maximum Gasteiger partial charge on any atom is 0.417 e. The third-order valence-corrected chi connectivity index (χ3v) is 5.59. The van der Waals surface area contributed by atoms with Gasteiger partial charge in [0, 0.05) is 44.2 Å². The predicted octanol–water partition coefficient (Wildman–Crippen LogP) is 2.47. The maximum absolute atomic E-state index is 12.6. The number of carbonyl (C=O) groups excluding carboxylic acids is 1. The smallest absolute Gasteiger partial charge is 0.353 e. The summed E-state index contributed by atoms with van der Waals surface area (Å²) in [5.41, 5.74) is -0.528. The molecule has 3 rings (SSSR count). The molecular weight excluding hydrogens is 395 g/mol. The summed E-state index contributed by atoms with van der Waals surface area (Å²) in [7, 11) is -3.42. The van der Waals surface area contributed by atoms with Crippen LogP contribution in [0.5, 0.6) is 0 Å². The zero-order valence-corrected chi connectivity index (χ0v) is 15.8. The van der Waals surface area contributed by atoms with Gasteiger partial charge in [0.1, 0.15) is 5.82 Å². The van der Waals surface area contributed by atoms with Crippen LogP contribution in [-0.2, 0) is 16.0 Å². The molecule has 6 nitrogen and oxygen atoms in total. The fourth-order valence-electron chi connectivity index (χ4n) is 2.92. The van der Waals surface area contributed by atoms with Gasteiger partial charge in [-0.2, -0.15) is 13.2 Å². The van der Waals surface area contributed by atoms with Crippen LogP contribution in [0.2, 0.25) is 0 Å². The number of piperazine rings is 1. The zero-order chi connectivity index (χ0) is 20.5. The monoisotopic (exact) mass is 413 g/mol. The first-order chi connectivity index (χ1) is 13.1. The van der Waals surface area contributed by atoms with Crippen LogP contribution in [0, 0.1) is 0 Å². The largest absolute Gasteiger partial charge is 0.417 e. The van der Waals surface area contributed by atoms with Crippen molar-refractivity contribution in [1.82, 2.24) is 9.88 Å². The van der Waals surface area contributed by atoms with Crippen LogP contribution in [0.25, 0.3) is 0 Å². The Kier molecular flexibility index (Phi) is 5.33. The average Bonchev–Trinajstić information content (AvgIpc) is 2.66. The molecule has 1 aliphatic heterocycles. The van der Waals surface area contributed by atoms with E-state index in [2.05, 4.69) is 4.98 Å². The minimum Gasteiger partial charge on any atom is -0.353 e. The second-order valence-electron chi connectivity index (χ2n) is 6.48. The Bertz CT molecular complexity index is 968. The fraction of sp³-hybridized carbons (Fsp3) is 0.333. The molecule has 150 valence electrons. The third-order valence-electron chi connectivity index (χ3n) is 4.48. The number of anilines is 1. The van der Waals surface area contributed by atoms with Gasteiger partial charge in [0.2, 0.25) is 0 Å². The summed E-state index contributed by atoms with van der Waals surface area (Å²) in [6.45, 7) is 1.53. The van der Waals surface area contributed by atoms with Crippen molar-refractivity contribution in [3.63, 3.8) is 0 Å². The third kappa shape index (κ3) is 4.44. The van der Waals surface area contributed by atoms with Crippen LogP contribution >= 0.6 is 0 Å². The van der Waals surface area contributed by atoms with Crippen LogP contribution in [0.3, 0.4) is 0 Å². The van der Waals surface area contributed by atoms with Gasteiger partial charge in [-0.05, 0) is 30.3 Å². The number of nitrogens with zero attached hydrogens (tertiary/aromatic N) is 3. The van der Waals surface area contributed by atoms with Crippen LogP contribution in [0.1, 0.15) is 15.9 Å². The molecule has 2 aromatic rings. The molecule has 1 aromatic carbocycles. The highest BCUT2D eigenvalue weighted by atomic mass is 32.2. The number of halogens is 3. The lowest BCUT2D eigenvalue weighted by Gasteiger charge is -2.35. The molecule has 2 heterocycles. The van der Waals surface area contributed by atoms with Crippen LogP contribution in [-0.4, -0.2) is 56.6 Å². The highest BCUT2D eigenvalue weighted by molar-refractivity contribution is 7.90. The van der Waals surface area contributed by atoms with E-state index in [4.69, 9.17) is 0 Å². The molecule has 1 aliphatic rings. The molecule has 1 fully saturated rings. The van der Waals surface area contributed by atoms with E-state index < -0.39 is 21.6 Å². The van der Waals surface area contributed by atoms with Crippen LogP contribution < -0.4 is 4.90 Å². The van der Waals surface area contributed by atoms with Crippen molar-refractivity contribution < 1.29 is 26.4 Å². The highest BCUT2D eigenvalue weighted by Gasteiger charge is 2.31. The zero-order valence-electron chi connectivity index (χ0n) is 15.0. The number of hydrogen-bond acceptors (Lipinski definition) is 5. The van der Waals surface area contributed by atoms with Gasteiger partial charge in [-0.15, -0.1) is 0 Å². The van der Waals surface area contributed by atoms with E-state index in [1.807, 2.05) is 0 Å². The topological polar surface area (TPSA) is 70.6 Å². The van der Waals surface area contributed by atoms with Gasteiger partial charge in [0.05, 0.1) is 10.5 Å². The number of carbonyl (C=O) groups is 1. The second-order valence-corrected chi connectivity index (χ2v) is 8.50. The molecule has 0 bridgehead atoms. The van der Waals surface area contributed by atoms with Gasteiger partial charge in [-0.1, -0.05) is 6.07 Å². The number of sulfone groups is 1. The average molecular weight is 413 g/mol. The van der Waals surface area contributed by atoms with E-state index in [1.54, 1.807) is 15.9 Å². The van der Waals surface area contributed by atoms with E-state index in [1.165, 1.54) is 24.3 Å². The fourth-order valence-corrected chi connectivity index (χ4v) is 3.59. The van der Waals surface area contributed by atoms with Gasteiger partial charge >= 0.3 is 6.18 Å². The molecule has 0 spiro atoms. The Labute approximate surface area is 160 Å². The summed E-state index contributed by atoms with van der Waals surface area (Å²) >= 11 is 0. The Morgan fingerprint density at radius 1 is 1.07 bits per heavy atom. The quantitative estimate of drug-likeness (QED) is 0.773. The van der Waals surface area contributed by atoms with Gasteiger partial charge in [0.15, 0.2) is 9.84 Å². The molecule has 0 radical (unpaired) electrons. The molecule has 28 heavy (non-hydrogen) atoms. The van der Waals surface area contributed by atoms with E-state index in [-0.39, 0.29) is 16.4 Å². The molecule has 0 atom stereocenters. The molecule has 0 N–H and O–H groups in total. The lowest BCUT2D eigenvalue weighted by atomic mass is 10.2. The number of rotatable bonds is 3. The van der Waals surface area contributed by atoms with E-state index in [9.17, 15) is 26.4 Å². The lowest BCUT2D eigenvalue weighted by molar-refractivity contribution is -0.137. The number of hydrogen-bond donors (Lipinski definition) is 0. The van der Waals surface area contributed by atoms with Crippen molar-refractivity contribution in [2.75, 3.05) is 37.3 Å². The second kappa shape index (κ2) is 7.42. The normalized spacial score (nSPS) is 15.6. The predicted molar refractivity (Wildman–Crippen MR) is 96.9 cm³/mol. The minimum atomic E-state index is -4.43. The van der Waals surface area contributed by atoms with Crippen molar-refractivity contribution in [3.05, 3.63) is 53.7 Å². The number of aromatic nitrogens is 1. The van der Waals surface area contributed by atoms with Crippen molar-refractivity contribution in [2.45, 2.75) is 11.1 Å². The van der Waals surface area contributed by atoms with Gasteiger partial charge < -0.3 is 9.80 Å². The summed E-state index contributed by atoms with van der Waals surface area (Å²) in [6.07, 6.45) is -2.56. The lowest BCUT2D eigenvalue weighted by Crippen LogP contribution is -2.49. The molecule has 1 aromatic heterocycles. The van der Waals surface area contributed by atoms with Crippen molar-refractivity contribution >= 4 is 21.6 Å². The molecular formula is C18H18F3N3O3S. The maximum atomic E-state index is 12.6. The van der Waals surface area contributed by atoms with Crippen molar-refractivity contribution in [2.24, 2.45) is 0 Å². The summed E-state index contributed by atoms with van der Waals surface area (Å²) < 4.78 is 61.2. The molecule has 1 amide bonds. The van der Waals surface area contributed by atoms with Crippen LogP contribution in [0.4, 0.5) is 19.0 Å². The Balaban J connectivity index is 1.66. The van der Waals surface area contributed by atoms with Gasteiger partial charge in [-0.3, -0.25) is 4.79 Å². The molecule has 0 saturated carbocycles. The molecule has 0 unspecified atom stereocenters.